The highest BCUT2D eigenvalue weighted by atomic mass is 32.1. The van der Waals surface area contributed by atoms with Crippen LogP contribution < -0.4 is 15.4 Å². The maximum absolute atomic E-state index is 11.9. The molecule has 2 aromatic carbocycles. The Hall–Kier alpha value is -2.73. The second kappa shape index (κ2) is 9.10. The highest BCUT2D eigenvalue weighted by Crippen LogP contribution is 2.18. The summed E-state index contributed by atoms with van der Waals surface area (Å²) in [5, 5.41) is 5.62. The number of ketones is 1. The Labute approximate surface area is 158 Å². The number of benzene rings is 2. The first-order chi connectivity index (χ1) is 12.3. The fourth-order valence-corrected chi connectivity index (χ4v) is 2.44. The summed E-state index contributed by atoms with van der Waals surface area (Å²) in [6.07, 6.45) is 0. The Morgan fingerprint density at radius 2 is 1.65 bits per heavy atom. The van der Waals surface area contributed by atoms with Gasteiger partial charge in [0.15, 0.2) is 17.5 Å². The number of carbonyl (C=O) groups is 2. The van der Waals surface area contributed by atoms with Crippen LogP contribution in [0.2, 0.25) is 0 Å². The van der Waals surface area contributed by atoms with Gasteiger partial charge in [0.2, 0.25) is 0 Å². The van der Waals surface area contributed by atoms with Gasteiger partial charge in [0, 0.05) is 11.3 Å². The lowest BCUT2D eigenvalue weighted by molar-refractivity contribution is -0.121. The number of rotatable bonds is 6. The molecule has 0 aliphatic carbocycles. The first-order valence-electron chi connectivity index (χ1n) is 8.29. The van der Waals surface area contributed by atoms with Gasteiger partial charge in [-0.25, -0.2) is 0 Å². The number of hydrogen-bond donors (Lipinski definition) is 2. The molecule has 1 amide bonds. The molecule has 136 valence electrons. The van der Waals surface area contributed by atoms with Gasteiger partial charge < -0.3 is 10.1 Å². The predicted molar refractivity (Wildman–Crippen MR) is 107 cm³/mol. The molecule has 0 aliphatic rings. The summed E-state index contributed by atoms with van der Waals surface area (Å²) in [5.74, 6) is 0.713. The fourth-order valence-electron chi connectivity index (χ4n) is 2.21. The van der Waals surface area contributed by atoms with E-state index in [1.165, 1.54) is 12.5 Å². The van der Waals surface area contributed by atoms with E-state index in [9.17, 15) is 9.59 Å². The van der Waals surface area contributed by atoms with Crippen molar-refractivity contribution in [3.05, 3.63) is 59.7 Å². The maximum atomic E-state index is 11.9. The minimum atomic E-state index is -0.351. The molecule has 0 aliphatic heterocycles. The number of thiocarbonyl (C=S) groups is 1. The van der Waals surface area contributed by atoms with Gasteiger partial charge in [-0.1, -0.05) is 26.0 Å². The Balaban J connectivity index is 1.79. The molecule has 0 heterocycles. The molecule has 0 spiro atoms. The number of nitrogens with one attached hydrogen (secondary N) is 2. The van der Waals surface area contributed by atoms with Crippen LogP contribution in [0, 0.1) is 0 Å². The van der Waals surface area contributed by atoms with E-state index >= 15 is 0 Å². The van der Waals surface area contributed by atoms with Gasteiger partial charge in [-0.2, -0.15) is 0 Å². The molecular formula is C20H22N2O3S. The van der Waals surface area contributed by atoms with Gasteiger partial charge >= 0.3 is 0 Å². The molecule has 0 aromatic heterocycles. The molecule has 2 N–H and O–H groups in total. The second-order valence-electron chi connectivity index (χ2n) is 6.15. The highest BCUT2D eigenvalue weighted by Gasteiger charge is 2.07. The summed E-state index contributed by atoms with van der Waals surface area (Å²) in [6.45, 7) is 5.60. The number of anilines is 1. The molecule has 6 heteroatoms. The van der Waals surface area contributed by atoms with Gasteiger partial charge in [0.1, 0.15) is 5.75 Å². The average molecular weight is 370 g/mol. The van der Waals surface area contributed by atoms with E-state index in [4.69, 9.17) is 17.0 Å². The monoisotopic (exact) mass is 370 g/mol. The summed E-state index contributed by atoms with van der Waals surface area (Å²) in [7, 11) is 0. The van der Waals surface area contributed by atoms with Crippen molar-refractivity contribution in [2.45, 2.75) is 26.7 Å². The van der Waals surface area contributed by atoms with Crippen molar-refractivity contribution in [1.82, 2.24) is 5.32 Å². The summed E-state index contributed by atoms with van der Waals surface area (Å²) >= 11 is 5.11. The Morgan fingerprint density at radius 1 is 1.04 bits per heavy atom. The zero-order chi connectivity index (χ0) is 19.1. The summed E-state index contributed by atoms with van der Waals surface area (Å²) in [4.78, 5) is 23.2. The lowest BCUT2D eigenvalue weighted by atomic mass is 10.0. The first kappa shape index (κ1) is 19.6. The zero-order valence-corrected chi connectivity index (χ0v) is 15.9. The third-order valence-corrected chi connectivity index (χ3v) is 3.92. The Bertz CT molecular complexity index is 784. The van der Waals surface area contributed by atoms with Crippen LogP contribution in [-0.4, -0.2) is 23.4 Å². The molecule has 0 fully saturated rings. The van der Waals surface area contributed by atoms with Crippen molar-refractivity contribution in [3.8, 4) is 5.75 Å². The van der Waals surface area contributed by atoms with Crippen LogP contribution in [0.4, 0.5) is 5.69 Å². The minimum Gasteiger partial charge on any atom is -0.484 e. The van der Waals surface area contributed by atoms with Gasteiger partial charge in [-0.05, 0) is 67.0 Å². The van der Waals surface area contributed by atoms with Gasteiger partial charge in [-0.15, -0.1) is 0 Å². The molecule has 0 bridgehead atoms. The number of amides is 1. The number of Topliss-reactive ketones (excluding diaryl/α,β-unsaturated/α-hetero) is 1. The molecule has 2 rings (SSSR count). The molecular weight excluding hydrogens is 348 g/mol. The molecule has 0 radical (unpaired) electrons. The largest absolute Gasteiger partial charge is 0.484 e. The van der Waals surface area contributed by atoms with Crippen molar-refractivity contribution in [2.24, 2.45) is 0 Å². The molecule has 0 saturated heterocycles. The van der Waals surface area contributed by atoms with Crippen LogP contribution in [-0.2, 0) is 4.79 Å². The normalized spacial score (nSPS) is 10.3. The van der Waals surface area contributed by atoms with Gasteiger partial charge in [-0.3, -0.25) is 14.9 Å². The van der Waals surface area contributed by atoms with Crippen LogP contribution in [0.1, 0.15) is 42.6 Å². The highest BCUT2D eigenvalue weighted by molar-refractivity contribution is 7.80. The van der Waals surface area contributed by atoms with E-state index < -0.39 is 0 Å². The molecule has 0 saturated carbocycles. The SMILES string of the molecule is CC(=O)c1ccc(NC(=S)NC(=O)COc2ccc(C(C)C)cc2)cc1. The fraction of sp³-hybridized carbons (Fsp3) is 0.250. The maximum Gasteiger partial charge on any atom is 0.264 e. The van der Waals surface area contributed by atoms with E-state index in [1.807, 2.05) is 24.3 Å². The smallest absolute Gasteiger partial charge is 0.264 e. The van der Waals surface area contributed by atoms with E-state index in [0.29, 0.717) is 22.9 Å². The van der Waals surface area contributed by atoms with Crippen LogP contribution in [0.5, 0.6) is 5.75 Å². The van der Waals surface area contributed by atoms with E-state index in [2.05, 4.69) is 24.5 Å². The van der Waals surface area contributed by atoms with E-state index in [0.717, 1.165) is 0 Å². The van der Waals surface area contributed by atoms with Crippen molar-refractivity contribution < 1.29 is 14.3 Å². The summed E-state index contributed by atoms with van der Waals surface area (Å²) in [6, 6.07) is 14.5. The minimum absolute atomic E-state index is 0.00833. The lowest BCUT2D eigenvalue weighted by Gasteiger charge is -2.11. The van der Waals surface area contributed by atoms with Crippen LogP contribution in [0.15, 0.2) is 48.5 Å². The van der Waals surface area contributed by atoms with E-state index in [1.54, 1.807) is 24.3 Å². The molecule has 2 aromatic rings. The predicted octanol–water partition coefficient (Wildman–Crippen LogP) is 3.90. The van der Waals surface area contributed by atoms with Gasteiger partial charge in [0.05, 0.1) is 0 Å². The molecule has 26 heavy (non-hydrogen) atoms. The second-order valence-corrected chi connectivity index (χ2v) is 6.56. The number of hydrogen-bond acceptors (Lipinski definition) is 4. The van der Waals surface area contributed by atoms with Crippen molar-refractivity contribution in [3.63, 3.8) is 0 Å². The third kappa shape index (κ3) is 5.97. The van der Waals surface area contributed by atoms with Crippen molar-refractivity contribution in [2.75, 3.05) is 11.9 Å². The Kier molecular flexibility index (Phi) is 6.86. The zero-order valence-electron chi connectivity index (χ0n) is 15.0. The van der Waals surface area contributed by atoms with Gasteiger partial charge in [0.25, 0.3) is 5.91 Å². The average Bonchev–Trinajstić information content (AvgIpc) is 2.60. The molecule has 5 nitrogen and oxygen atoms in total. The third-order valence-electron chi connectivity index (χ3n) is 3.72. The van der Waals surface area contributed by atoms with Crippen molar-refractivity contribution in [1.29, 1.82) is 0 Å². The molecule has 0 unspecified atom stereocenters. The molecule has 0 atom stereocenters. The topological polar surface area (TPSA) is 67.4 Å². The number of ether oxygens (including phenoxy) is 1. The van der Waals surface area contributed by atoms with Crippen LogP contribution in [0.3, 0.4) is 0 Å². The standard InChI is InChI=1S/C20H22N2O3S/c1-13(2)15-6-10-18(11-7-15)25-12-19(24)22-20(26)21-17-8-4-16(5-9-17)14(3)23/h4-11,13H,12H2,1-3H3,(H2,21,22,24,26). The van der Waals surface area contributed by atoms with Crippen LogP contribution >= 0.6 is 12.2 Å². The number of carbonyl (C=O) groups excluding carboxylic acids is 2. The van der Waals surface area contributed by atoms with Crippen LogP contribution in [0.25, 0.3) is 0 Å². The Morgan fingerprint density at radius 3 is 2.19 bits per heavy atom. The van der Waals surface area contributed by atoms with E-state index in [-0.39, 0.29) is 23.4 Å². The van der Waals surface area contributed by atoms with Crippen molar-refractivity contribution >= 4 is 34.7 Å². The lowest BCUT2D eigenvalue weighted by Crippen LogP contribution is -2.37. The summed E-state index contributed by atoms with van der Waals surface area (Å²) in [5.41, 5.74) is 2.51. The summed E-state index contributed by atoms with van der Waals surface area (Å²) < 4.78 is 5.46. The quantitative estimate of drug-likeness (QED) is 0.596. The first-order valence-corrected chi connectivity index (χ1v) is 8.70.